The number of carbonyl (C=O) groups excluding carboxylic acids is 1. The Balaban J connectivity index is 1.84. The van der Waals surface area contributed by atoms with Crippen molar-refractivity contribution in [1.29, 1.82) is 0 Å². The van der Waals surface area contributed by atoms with Crippen LogP contribution in [0.4, 0.5) is 10.7 Å². The first-order valence-electron chi connectivity index (χ1n) is 6.00. The molecule has 0 radical (unpaired) electrons. The maximum absolute atomic E-state index is 11.7. The lowest BCUT2D eigenvalue weighted by Crippen LogP contribution is -2.39. The molecule has 6 nitrogen and oxygen atoms in total. The molecule has 1 heterocycles. The van der Waals surface area contributed by atoms with E-state index in [0.717, 1.165) is 4.47 Å². The summed E-state index contributed by atoms with van der Waals surface area (Å²) in [6, 6.07) is 6.39. The summed E-state index contributed by atoms with van der Waals surface area (Å²) in [5.74, 6) is 0.807. The van der Waals surface area contributed by atoms with Gasteiger partial charge in [0.25, 0.3) is 0 Å². The molecule has 1 aromatic heterocycles. The highest BCUT2D eigenvalue weighted by Gasteiger charge is 2.09. The molecular formula is C13H12BrClN4O2. The molecule has 0 saturated carbocycles. The molecule has 1 unspecified atom stereocenters. The Morgan fingerprint density at radius 1 is 1.29 bits per heavy atom. The third-order valence-electron chi connectivity index (χ3n) is 2.31. The lowest BCUT2D eigenvalue weighted by molar-refractivity contribution is 0.183. The van der Waals surface area contributed by atoms with Gasteiger partial charge in [-0.2, -0.15) is 0 Å². The van der Waals surface area contributed by atoms with Gasteiger partial charge in [0, 0.05) is 17.4 Å². The van der Waals surface area contributed by atoms with Crippen LogP contribution >= 0.6 is 27.5 Å². The predicted octanol–water partition coefficient (Wildman–Crippen LogP) is 3.44. The third kappa shape index (κ3) is 5.20. The minimum Gasteiger partial charge on any atom is -0.471 e. The van der Waals surface area contributed by atoms with Gasteiger partial charge < -0.3 is 10.1 Å². The summed E-state index contributed by atoms with van der Waals surface area (Å²) in [4.78, 5) is 19.6. The number of rotatable bonds is 4. The van der Waals surface area contributed by atoms with Crippen LogP contribution in [0.5, 0.6) is 5.75 Å². The van der Waals surface area contributed by atoms with Crippen LogP contribution in [-0.2, 0) is 0 Å². The molecule has 110 valence electrons. The molecule has 0 aliphatic rings. The zero-order valence-corrected chi connectivity index (χ0v) is 13.4. The first-order valence-corrected chi connectivity index (χ1v) is 7.17. The highest BCUT2D eigenvalue weighted by atomic mass is 79.9. The molecule has 0 saturated heterocycles. The van der Waals surface area contributed by atoms with Gasteiger partial charge in [-0.15, -0.1) is 0 Å². The third-order valence-corrected chi connectivity index (χ3v) is 2.97. The molecule has 0 spiro atoms. The van der Waals surface area contributed by atoms with E-state index in [1.54, 1.807) is 31.2 Å². The van der Waals surface area contributed by atoms with E-state index in [4.69, 9.17) is 16.3 Å². The van der Waals surface area contributed by atoms with Crippen molar-refractivity contribution in [2.24, 2.45) is 0 Å². The molecular weight excluding hydrogens is 360 g/mol. The van der Waals surface area contributed by atoms with Crippen molar-refractivity contribution < 1.29 is 9.53 Å². The van der Waals surface area contributed by atoms with Gasteiger partial charge in [0.1, 0.15) is 5.75 Å². The predicted molar refractivity (Wildman–Crippen MR) is 83.4 cm³/mol. The van der Waals surface area contributed by atoms with Crippen molar-refractivity contribution in [1.82, 2.24) is 15.3 Å². The maximum atomic E-state index is 11.7. The van der Waals surface area contributed by atoms with Gasteiger partial charge in [0.15, 0.2) is 6.23 Å². The van der Waals surface area contributed by atoms with Crippen molar-refractivity contribution in [2.45, 2.75) is 13.2 Å². The number of hydrogen-bond acceptors (Lipinski definition) is 4. The lowest BCUT2D eigenvalue weighted by Gasteiger charge is -2.16. The molecule has 21 heavy (non-hydrogen) atoms. The average Bonchev–Trinajstić information content (AvgIpc) is 2.44. The van der Waals surface area contributed by atoms with E-state index in [9.17, 15) is 4.79 Å². The molecule has 2 N–H and O–H groups in total. The second-order valence-corrected chi connectivity index (χ2v) is 5.39. The minimum atomic E-state index is -0.526. The van der Waals surface area contributed by atoms with Crippen molar-refractivity contribution in [3.63, 3.8) is 0 Å². The minimum absolute atomic E-state index is 0.203. The van der Waals surface area contributed by atoms with Gasteiger partial charge in [0.2, 0.25) is 5.95 Å². The molecule has 1 atom stereocenters. The first kappa shape index (κ1) is 15.5. The molecule has 0 aliphatic heterocycles. The fourth-order valence-corrected chi connectivity index (χ4v) is 1.78. The van der Waals surface area contributed by atoms with E-state index in [1.165, 1.54) is 12.4 Å². The summed E-state index contributed by atoms with van der Waals surface area (Å²) in [5.41, 5.74) is 0. The van der Waals surface area contributed by atoms with Crippen LogP contribution in [0.3, 0.4) is 0 Å². The van der Waals surface area contributed by atoms with Crippen molar-refractivity contribution in [3.8, 4) is 5.75 Å². The van der Waals surface area contributed by atoms with E-state index >= 15 is 0 Å². The van der Waals surface area contributed by atoms with Gasteiger partial charge in [-0.1, -0.05) is 11.6 Å². The Morgan fingerprint density at radius 3 is 2.52 bits per heavy atom. The van der Waals surface area contributed by atoms with Crippen molar-refractivity contribution >= 4 is 39.5 Å². The number of benzene rings is 1. The fourth-order valence-electron chi connectivity index (χ4n) is 1.45. The molecule has 8 heteroatoms. The standard InChI is InChI=1S/C13H12BrClN4O2/c1-8(21-11-4-2-10(15)3-5-11)18-13(20)19-12-16-6-9(14)7-17-12/h2-8H,1H3,(H2,16,17,18,19,20). The number of nitrogens with zero attached hydrogens (tertiary/aromatic N) is 2. The van der Waals surface area contributed by atoms with Gasteiger partial charge in [-0.25, -0.2) is 14.8 Å². The highest BCUT2D eigenvalue weighted by molar-refractivity contribution is 9.10. The molecule has 2 amide bonds. The van der Waals surface area contributed by atoms with Crippen LogP contribution in [0, 0.1) is 0 Å². The smallest absolute Gasteiger partial charge is 0.324 e. The number of aromatic nitrogens is 2. The van der Waals surface area contributed by atoms with Crippen LogP contribution in [0.2, 0.25) is 5.02 Å². The number of halogens is 2. The topological polar surface area (TPSA) is 76.1 Å². The number of hydrogen-bond donors (Lipinski definition) is 2. The summed E-state index contributed by atoms with van der Waals surface area (Å²) in [5, 5.41) is 5.73. The molecule has 0 bridgehead atoms. The van der Waals surface area contributed by atoms with Crippen LogP contribution in [0.15, 0.2) is 41.1 Å². The van der Waals surface area contributed by atoms with E-state index in [0.29, 0.717) is 10.8 Å². The van der Waals surface area contributed by atoms with E-state index in [-0.39, 0.29) is 5.95 Å². The second kappa shape index (κ2) is 7.24. The summed E-state index contributed by atoms with van der Waals surface area (Å²) in [6.45, 7) is 1.70. The zero-order chi connectivity index (χ0) is 15.2. The summed E-state index contributed by atoms with van der Waals surface area (Å²) in [7, 11) is 0. The van der Waals surface area contributed by atoms with Gasteiger partial charge >= 0.3 is 6.03 Å². The summed E-state index contributed by atoms with van der Waals surface area (Å²) >= 11 is 8.99. The van der Waals surface area contributed by atoms with E-state index in [2.05, 4.69) is 36.5 Å². The number of amides is 2. The second-order valence-electron chi connectivity index (χ2n) is 4.04. The van der Waals surface area contributed by atoms with Gasteiger partial charge in [0.05, 0.1) is 4.47 Å². The number of ether oxygens (including phenoxy) is 1. The largest absolute Gasteiger partial charge is 0.471 e. The fraction of sp³-hybridized carbons (Fsp3) is 0.154. The van der Waals surface area contributed by atoms with Gasteiger partial charge in [-0.3, -0.25) is 5.32 Å². The Labute approximate surface area is 135 Å². The molecule has 1 aromatic carbocycles. The molecule has 0 fully saturated rings. The van der Waals surface area contributed by atoms with Crippen LogP contribution in [-0.4, -0.2) is 22.2 Å². The Bertz CT molecular complexity index is 607. The van der Waals surface area contributed by atoms with E-state index < -0.39 is 12.3 Å². The normalized spacial score (nSPS) is 11.6. The van der Waals surface area contributed by atoms with Crippen LogP contribution < -0.4 is 15.4 Å². The Morgan fingerprint density at radius 2 is 1.90 bits per heavy atom. The highest BCUT2D eigenvalue weighted by Crippen LogP contribution is 2.16. The number of carbonyl (C=O) groups is 1. The maximum Gasteiger partial charge on any atom is 0.324 e. The Hall–Kier alpha value is -1.86. The molecule has 2 rings (SSSR count). The summed E-state index contributed by atoms with van der Waals surface area (Å²) < 4.78 is 6.25. The SMILES string of the molecule is CC(NC(=O)Nc1ncc(Br)cn1)Oc1ccc(Cl)cc1. The van der Waals surface area contributed by atoms with E-state index in [1.807, 2.05) is 0 Å². The van der Waals surface area contributed by atoms with Crippen LogP contribution in [0.25, 0.3) is 0 Å². The molecule has 0 aliphatic carbocycles. The molecule has 2 aromatic rings. The van der Waals surface area contributed by atoms with Gasteiger partial charge in [-0.05, 0) is 47.1 Å². The average molecular weight is 372 g/mol. The Kier molecular flexibility index (Phi) is 5.35. The monoisotopic (exact) mass is 370 g/mol. The summed E-state index contributed by atoms with van der Waals surface area (Å²) in [6.07, 6.45) is 2.55. The number of anilines is 1. The first-order chi connectivity index (χ1) is 10.0. The van der Waals surface area contributed by atoms with Crippen LogP contribution in [0.1, 0.15) is 6.92 Å². The lowest BCUT2D eigenvalue weighted by atomic mass is 10.3. The van der Waals surface area contributed by atoms with Crippen molar-refractivity contribution in [2.75, 3.05) is 5.32 Å². The van der Waals surface area contributed by atoms with Crippen molar-refractivity contribution in [3.05, 3.63) is 46.2 Å². The quantitative estimate of drug-likeness (QED) is 0.807. The number of nitrogens with one attached hydrogen (secondary N) is 2. The zero-order valence-electron chi connectivity index (χ0n) is 11.0. The number of urea groups is 1.